The normalized spacial score (nSPS) is 21.7. The van der Waals surface area contributed by atoms with E-state index >= 15 is 0 Å². The highest BCUT2D eigenvalue weighted by Gasteiger charge is 2.39. The van der Waals surface area contributed by atoms with Gasteiger partial charge in [0.1, 0.15) is 5.75 Å². The van der Waals surface area contributed by atoms with Gasteiger partial charge in [-0.2, -0.15) is 0 Å². The van der Waals surface area contributed by atoms with E-state index in [1.165, 1.54) is 9.75 Å². The second kappa shape index (κ2) is 16.0. The van der Waals surface area contributed by atoms with Crippen molar-refractivity contribution in [3.63, 3.8) is 0 Å². The Morgan fingerprint density at radius 3 is 2.81 bits per heavy atom. The zero-order chi connectivity index (χ0) is 30.1. The average molecular weight is 660 g/mol. The number of unbranched alkanes of at least 4 members (excludes halogenated alkanes) is 1. The molecule has 0 amide bonds. The molecule has 9 heteroatoms. The second-order valence-electron chi connectivity index (χ2n) is 11.1. The number of methoxy groups -OCH3 is 1. The minimum absolute atomic E-state index is 0.0509. The molecule has 0 saturated heterocycles. The van der Waals surface area contributed by atoms with Gasteiger partial charge in [0, 0.05) is 57.2 Å². The molecule has 1 aliphatic carbocycles. The highest BCUT2D eigenvalue weighted by atomic mass is 79.9. The van der Waals surface area contributed by atoms with Crippen LogP contribution in [0.25, 0.3) is 10.9 Å². The molecule has 0 bridgehead atoms. The van der Waals surface area contributed by atoms with Gasteiger partial charge in [-0.1, -0.05) is 24.3 Å². The number of benzene rings is 1. The van der Waals surface area contributed by atoms with Crippen LogP contribution >= 0.6 is 27.3 Å². The highest BCUT2D eigenvalue weighted by Crippen LogP contribution is 2.36. The van der Waals surface area contributed by atoms with E-state index in [4.69, 9.17) is 15.2 Å². The van der Waals surface area contributed by atoms with Gasteiger partial charge in [-0.3, -0.25) is 4.79 Å². The van der Waals surface area contributed by atoms with Crippen molar-refractivity contribution in [2.24, 2.45) is 17.6 Å². The van der Waals surface area contributed by atoms with E-state index in [1.54, 1.807) is 24.5 Å². The van der Waals surface area contributed by atoms with E-state index in [0.717, 1.165) is 46.6 Å². The number of carbonyl (C=O) groups excluding carboxylic acids is 1. The van der Waals surface area contributed by atoms with Crippen LogP contribution in [0.1, 0.15) is 53.8 Å². The molecule has 1 aromatic carbocycles. The fourth-order valence-corrected chi connectivity index (χ4v) is 7.30. The lowest BCUT2D eigenvalue weighted by Gasteiger charge is -2.20. The van der Waals surface area contributed by atoms with Gasteiger partial charge in [0.2, 0.25) is 0 Å². The summed E-state index contributed by atoms with van der Waals surface area (Å²) in [5.41, 5.74) is 7.81. The Labute approximate surface area is 260 Å². The van der Waals surface area contributed by atoms with Gasteiger partial charge in [0.05, 0.1) is 18.3 Å². The topological polar surface area (TPSA) is 118 Å². The molecule has 4 rings (SSSR count). The molecule has 1 fully saturated rings. The summed E-state index contributed by atoms with van der Waals surface area (Å²) in [6.07, 6.45) is 14.3. The number of thiophene rings is 1. The zero-order valence-corrected chi connectivity index (χ0v) is 26.8. The van der Waals surface area contributed by atoms with E-state index in [-0.39, 0.29) is 23.9 Å². The van der Waals surface area contributed by atoms with Crippen molar-refractivity contribution in [1.82, 2.24) is 4.98 Å². The van der Waals surface area contributed by atoms with Crippen molar-refractivity contribution in [2.45, 2.75) is 76.6 Å². The van der Waals surface area contributed by atoms with Crippen LogP contribution in [0, 0.1) is 18.8 Å². The minimum atomic E-state index is -0.574. The smallest absolute Gasteiger partial charge is 0.311 e. The fourth-order valence-electron chi connectivity index (χ4n) is 5.68. The first-order valence-corrected chi connectivity index (χ1v) is 16.4. The number of aliphatic hydroxyl groups is 2. The average Bonchev–Trinajstić information content (AvgIpc) is 3.60. The number of H-pyrrole nitrogens is 1. The number of carbonyl (C=O) groups is 1. The van der Waals surface area contributed by atoms with Crippen LogP contribution in [-0.2, 0) is 22.4 Å². The Bertz CT molecular complexity index is 1350. The van der Waals surface area contributed by atoms with Gasteiger partial charge in [-0.05, 0) is 104 Å². The third kappa shape index (κ3) is 8.88. The molecule has 0 unspecified atom stereocenters. The number of allylic oxidation sites excluding steroid dienone is 2. The number of aliphatic hydroxyl groups excluding tert-OH is 2. The Morgan fingerprint density at radius 1 is 1.24 bits per heavy atom. The molecule has 2 aromatic heterocycles. The minimum Gasteiger partial charge on any atom is -0.427 e. The molecular weight excluding hydrogens is 616 g/mol. The predicted octanol–water partition coefficient (Wildman–Crippen LogP) is 6.39. The van der Waals surface area contributed by atoms with Gasteiger partial charge in [0.15, 0.2) is 0 Å². The summed E-state index contributed by atoms with van der Waals surface area (Å²) < 4.78 is 12.4. The predicted molar refractivity (Wildman–Crippen MR) is 173 cm³/mol. The largest absolute Gasteiger partial charge is 0.427 e. The maximum Gasteiger partial charge on any atom is 0.311 e. The van der Waals surface area contributed by atoms with Crippen molar-refractivity contribution < 1.29 is 24.5 Å². The van der Waals surface area contributed by atoms with Crippen molar-refractivity contribution in [3.8, 4) is 5.75 Å². The molecule has 1 saturated carbocycles. The second-order valence-corrected chi connectivity index (χ2v) is 13.3. The lowest BCUT2D eigenvalue weighted by molar-refractivity contribution is -0.134. The number of hydrogen-bond donors (Lipinski definition) is 4. The molecule has 228 valence electrons. The van der Waals surface area contributed by atoms with Crippen molar-refractivity contribution in [3.05, 3.63) is 74.6 Å². The van der Waals surface area contributed by atoms with E-state index in [0.29, 0.717) is 38.0 Å². The van der Waals surface area contributed by atoms with E-state index in [1.807, 2.05) is 30.5 Å². The maximum absolute atomic E-state index is 12.4. The number of nitrogens with one attached hydrogen (secondary N) is 1. The number of hydrogen-bond acceptors (Lipinski definition) is 7. The summed E-state index contributed by atoms with van der Waals surface area (Å²) in [6.45, 7) is 2.66. The molecule has 3 aromatic rings. The van der Waals surface area contributed by atoms with Crippen molar-refractivity contribution in [2.75, 3.05) is 13.7 Å². The first-order valence-electron chi connectivity index (χ1n) is 14.8. The zero-order valence-electron chi connectivity index (χ0n) is 24.4. The first-order chi connectivity index (χ1) is 20.3. The monoisotopic (exact) mass is 658 g/mol. The fraction of sp³-hybridized carbons (Fsp3) is 0.485. The number of aryl methyl sites for hydroxylation is 2. The Morgan fingerprint density at radius 2 is 2.07 bits per heavy atom. The molecule has 0 radical (unpaired) electrons. The van der Waals surface area contributed by atoms with Crippen LogP contribution in [-0.4, -0.2) is 53.1 Å². The van der Waals surface area contributed by atoms with Crippen LogP contribution < -0.4 is 10.5 Å². The third-order valence-electron chi connectivity index (χ3n) is 8.06. The number of aromatic amines is 1. The maximum atomic E-state index is 12.4. The number of aromatic nitrogens is 1. The standard InChI is InChI=1S/C33H43BrN2O5S/c1-21-29(34)18-25(42-21)12-9-23(40-2)10-13-27-26(31(37)19-32(27)38)7-5-3-4-6-8-33(39)41-24-11-14-30-28(17-24)22(15-16-35)20-36-30/h3,5,10-11,13-14,17-18,20,23,26-27,31-32,36-38H,4,6-9,12,15-16,19,35H2,1-2H3/b5-3-,13-10+/t23-,26+,27+,31-,32+/m0/s1. The number of halogens is 1. The van der Waals surface area contributed by atoms with Crippen LogP contribution in [0.15, 0.2) is 59.2 Å². The molecule has 42 heavy (non-hydrogen) atoms. The lowest BCUT2D eigenvalue weighted by atomic mass is 9.89. The summed E-state index contributed by atoms with van der Waals surface area (Å²) in [4.78, 5) is 18.2. The van der Waals surface area contributed by atoms with E-state index < -0.39 is 12.2 Å². The SMILES string of the molecule is CO[C@H](/C=C/[C@@H]1[C@@H](C/C=C\CCCC(=O)Oc2ccc3[nH]cc(CCN)c3c2)[C@@H](O)C[C@H]1O)CCc1cc(Br)c(C)s1. The van der Waals surface area contributed by atoms with E-state index in [2.05, 4.69) is 46.1 Å². The molecular formula is C33H43BrN2O5S. The van der Waals surface area contributed by atoms with E-state index in [9.17, 15) is 15.0 Å². The van der Waals surface area contributed by atoms with Gasteiger partial charge in [0.25, 0.3) is 0 Å². The van der Waals surface area contributed by atoms with Crippen LogP contribution in [0.3, 0.4) is 0 Å². The Kier molecular flexibility index (Phi) is 12.4. The van der Waals surface area contributed by atoms with Crippen LogP contribution in [0.4, 0.5) is 0 Å². The molecule has 0 aliphatic heterocycles. The molecule has 5 atom stereocenters. The van der Waals surface area contributed by atoms with Gasteiger partial charge >= 0.3 is 5.97 Å². The number of esters is 1. The molecule has 2 heterocycles. The number of fused-ring (bicyclic) bond motifs is 1. The van der Waals surface area contributed by atoms with Crippen molar-refractivity contribution in [1.29, 1.82) is 0 Å². The van der Waals surface area contributed by atoms with Crippen LogP contribution in [0.2, 0.25) is 0 Å². The number of rotatable bonds is 15. The Hall–Kier alpha value is -2.27. The molecule has 0 spiro atoms. The summed E-state index contributed by atoms with van der Waals surface area (Å²) >= 11 is 5.37. The Balaban J connectivity index is 1.21. The highest BCUT2D eigenvalue weighted by molar-refractivity contribution is 9.10. The van der Waals surface area contributed by atoms with Crippen LogP contribution in [0.5, 0.6) is 5.75 Å². The number of ether oxygens (including phenoxy) is 2. The third-order valence-corrected chi connectivity index (χ3v) is 10.3. The summed E-state index contributed by atoms with van der Waals surface area (Å²) in [7, 11) is 1.71. The quantitative estimate of drug-likeness (QED) is 0.0651. The lowest BCUT2D eigenvalue weighted by Crippen LogP contribution is -2.20. The van der Waals surface area contributed by atoms with Crippen molar-refractivity contribution >= 4 is 44.1 Å². The first kappa shape index (κ1) is 32.6. The molecule has 1 aliphatic rings. The van der Waals surface area contributed by atoms with Gasteiger partial charge < -0.3 is 30.4 Å². The molecule has 7 nitrogen and oxygen atoms in total. The molecule has 5 N–H and O–H groups in total. The summed E-state index contributed by atoms with van der Waals surface area (Å²) in [6, 6.07) is 7.77. The summed E-state index contributed by atoms with van der Waals surface area (Å²) in [5.74, 6) is 0.100. The summed E-state index contributed by atoms with van der Waals surface area (Å²) in [5, 5.41) is 22.3. The van der Waals surface area contributed by atoms with Gasteiger partial charge in [-0.25, -0.2) is 0 Å². The van der Waals surface area contributed by atoms with Gasteiger partial charge in [-0.15, -0.1) is 11.3 Å². The number of nitrogens with two attached hydrogens (primary N) is 1.